The Morgan fingerprint density at radius 3 is 2.66 bits per heavy atom. The van der Waals surface area contributed by atoms with Crippen LogP contribution in [0.2, 0.25) is 0 Å². The Labute approximate surface area is 185 Å². The molecule has 1 aromatic carbocycles. The van der Waals surface area contributed by atoms with E-state index in [1.165, 1.54) is 6.26 Å². The molecule has 0 aromatic heterocycles. The maximum atomic E-state index is 13.4. The van der Waals surface area contributed by atoms with E-state index in [1.54, 1.807) is 18.2 Å². The largest absolute Gasteiger partial charge is 0.474 e. The first kappa shape index (κ1) is 21.8. The summed E-state index contributed by atoms with van der Waals surface area (Å²) in [5, 5.41) is 8.25. The average molecular weight is 442 g/mol. The third kappa shape index (κ3) is 4.59. The molecule has 2 saturated heterocycles. The van der Waals surface area contributed by atoms with Crippen molar-refractivity contribution in [2.45, 2.75) is 50.1 Å². The molecule has 0 aliphatic carbocycles. The Kier molecular flexibility index (Phi) is 6.40. The zero-order valence-electron chi connectivity index (χ0n) is 17.5. The van der Waals surface area contributed by atoms with Crippen LogP contribution in [0.15, 0.2) is 42.7 Å². The first-order valence-electron chi connectivity index (χ1n) is 10.7. The predicted octanol–water partition coefficient (Wildman–Crippen LogP) is 0.539. The van der Waals surface area contributed by atoms with Gasteiger partial charge in [-0.3, -0.25) is 14.4 Å². The number of hydrogen-bond acceptors (Lipinski definition) is 7. The minimum Gasteiger partial charge on any atom is -0.474 e. The van der Waals surface area contributed by atoms with Crippen LogP contribution < -0.4 is 16.0 Å². The van der Waals surface area contributed by atoms with Crippen molar-refractivity contribution >= 4 is 23.8 Å². The summed E-state index contributed by atoms with van der Waals surface area (Å²) in [6.45, 7) is 0.969. The molecule has 0 radical (unpaired) electrons. The number of ether oxygens (including phenoxy) is 2. The molecule has 10 heteroatoms. The second-order valence-corrected chi connectivity index (χ2v) is 8.04. The first-order valence-corrected chi connectivity index (χ1v) is 10.7. The summed E-state index contributed by atoms with van der Waals surface area (Å²) in [6, 6.07) is 7.90. The highest BCUT2D eigenvalue weighted by Crippen LogP contribution is 2.34. The lowest BCUT2D eigenvalue weighted by Gasteiger charge is -2.39. The molecule has 1 aromatic rings. The zero-order chi connectivity index (χ0) is 22.6. The van der Waals surface area contributed by atoms with E-state index in [2.05, 4.69) is 16.0 Å². The van der Waals surface area contributed by atoms with E-state index in [-0.39, 0.29) is 25.4 Å². The highest BCUT2D eigenvalue weighted by molar-refractivity contribution is 5.97. The minimum atomic E-state index is -1.56. The fourth-order valence-electron chi connectivity index (χ4n) is 3.98. The SMILES string of the molecule is O=C(CC1(N(C(=O)OCc2ccccc2)C(=O)[C@@H]2CCCN2)CC=CO1)NC1CNC1=O. The van der Waals surface area contributed by atoms with Crippen LogP contribution in [0, 0.1) is 0 Å². The van der Waals surface area contributed by atoms with Gasteiger partial charge >= 0.3 is 6.09 Å². The molecule has 0 spiro atoms. The molecule has 32 heavy (non-hydrogen) atoms. The van der Waals surface area contributed by atoms with E-state index < -0.39 is 35.7 Å². The number of rotatable bonds is 7. The molecule has 0 bridgehead atoms. The quantitative estimate of drug-likeness (QED) is 0.526. The van der Waals surface area contributed by atoms with Gasteiger partial charge < -0.3 is 25.4 Å². The van der Waals surface area contributed by atoms with Gasteiger partial charge in [0.1, 0.15) is 12.6 Å². The molecule has 10 nitrogen and oxygen atoms in total. The van der Waals surface area contributed by atoms with Crippen LogP contribution in [-0.2, 0) is 30.5 Å². The summed E-state index contributed by atoms with van der Waals surface area (Å²) in [5.74, 6) is -1.27. The van der Waals surface area contributed by atoms with Crippen LogP contribution in [0.25, 0.3) is 0 Å². The van der Waals surface area contributed by atoms with Crippen LogP contribution in [0.5, 0.6) is 0 Å². The Balaban J connectivity index is 1.53. The lowest BCUT2D eigenvalue weighted by Crippen LogP contribution is -2.64. The van der Waals surface area contributed by atoms with E-state index >= 15 is 0 Å². The summed E-state index contributed by atoms with van der Waals surface area (Å²) in [7, 11) is 0. The van der Waals surface area contributed by atoms with Gasteiger partial charge in [0.15, 0.2) is 0 Å². The van der Waals surface area contributed by atoms with Gasteiger partial charge in [-0.05, 0) is 31.0 Å². The molecule has 3 aliphatic rings. The highest BCUT2D eigenvalue weighted by atomic mass is 16.6. The zero-order valence-corrected chi connectivity index (χ0v) is 17.5. The standard InChI is InChI=1S/C22H26N4O6/c27-18(25-17-13-24-19(17)28)12-22(9-5-11-32-22)26(20(29)16-8-4-10-23-16)21(30)31-14-15-6-2-1-3-7-15/h1-3,5-7,11,16-17,23H,4,8-10,12-14H2,(H,24,28)(H,25,27)/t16-,17?,22?/m0/s1. The third-order valence-corrected chi connectivity index (χ3v) is 5.76. The predicted molar refractivity (Wildman–Crippen MR) is 112 cm³/mol. The molecule has 170 valence electrons. The van der Waals surface area contributed by atoms with E-state index in [4.69, 9.17) is 9.47 Å². The van der Waals surface area contributed by atoms with Gasteiger partial charge in [0.2, 0.25) is 17.5 Å². The van der Waals surface area contributed by atoms with Crippen LogP contribution in [0.1, 0.15) is 31.2 Å². The molecule has 3 aliphatic heterocycles. The number of benzene rings is 1. The van der Waals surface area contributed by atoms with Crippen LogP contribution >= 0.6 is 0 Å². The van der Waals surface area contributed by atoms with Gasteiger partial charge in [-0.2, -0.15) is 0 Å². The van der Waals surface area contributed by atoms with E-state index in [1.807, 2.05) is 18.2 Å². The van der Waals surface area contributed by atoms with Crippen LogP contribution in [-0.4, -0.2) is 59.6 Å². The second kappa shape index (κ2) is 9.39. The maximum absolute atomic E-state index is 13.4. The molecule has 2 fully saturated rings. The molecule has 4 amide bonds. The number of nitrogens with zero attached hydrogens (tertiary/aromatic N) is 1. The lowest BCUT2D eigenvalue weighted by atomic mass is 10.0. The van der Waals surface area contributed by atoms with Crippen molar-refractivity contribution in [3.05, 3.63) is 48.2 Å². The number of nitrogens with one attached hydrogen (secondary N) is 3. The molecule has 3 N–H and O–H groups in total. The van der Waals surface area contributed by atoms with Crippen molar-refractivity contribution < 1.29 is 28.7 Å². The van der Waals surface area contributed by atoms with Gasteiger partial charge in [-0.1, -0.05) is 30.3 Å². The number of amides is 4. The number of carbonyl (C=O) groups excluding carboxylic acids is 4. The first-order chi connectivity index (χ1) is 15.5. The van der Waals surface area contributed by atoms with E-state index in [0.717, 1.165) is 16.9 Å². The fourth-order valence-corrected chi connectivity index (χ4v) is 3.98. The summed E-state index contributed by atoms with van der Waals surface area (Å²) in [5.41, 5.74) is -0.792. The molecule has 4 rings (SSSR count). The van der Waals surface area contributed by atoms with Crippen LogP contribution in [0.4, 0.5) is 4.79 Å². The summed E-state index contributed by atoms with van der Waals surface area (Å²) >= 11 is 0. The summed E-state index contributed by atoms with van der Waals surface area (Å²) in [4.78, 5) is 51.7. The van der Waals surface area contributed by atoms with E-state index in [0.29, 0.717) is 19.5 Å². The van der Waals surface area contributed by atoms with Crippen molar-refractivity contribution in [2.75, 3.05) is 13.1 Å². The third-order valence-electron chi connectivity index (χ3n) is 5.76. The molecular weight excluding hydrogens is 416 g/mol. The van der Waals surface area contributed by atoms with Gasteiger partial charge in [0.25, 0.3) is 5.91 Å². The van der Waals surface area contributed by atoms with Crippen molar-refractivity contribution in [1.82, 2.24) is 20.9 Å². The fraction of sp³-hybridized carbons (Fsp3) is 0.455. The number of imide groups is 1. The van der Waals surface area contributed by atoms with Crippen molar-refractivity contribution in [2.24, 2.45) is 0 Å². The summed E-state index contributed by atoms with van der Waals surface area (Å²) < 4.78 is 11.2. The van der Waals surface area contributed by atoms with Crippen LogP contribution in [0.3, 0.4) is 0 Å². The molecule has 2 unspecified atom stereocenters. The second-order valence-electron chi connectivity index (χ2n) is 8.04. The van der Waals surface area contributed by atoms with Gasteiger partial charge in [-0.15, -0.1) is 0 Å². The Hall–Kier alpha value is -3.40. The Morgan fingerprint density at radius 1 is 1.25 bits per heavy atom. The number of carbonyl (C=O) groups is 4. The smallest absolute Gasteiger partial charge is 0.420 e. The Morgan fingerprint density at radius 2 is 2.06 bits per heavy atom. The number of hydrogen-bond donors (Lipinski definition) is 3. The summed E-state index contributed by atoms with van der Waals surface area (Å²) in [6.07, 6.45) is 3.32. The minimum absolute atomic E-state index is 0.0283. The molecular formula is C22H26N4O6. The molecule has 3 atom stereocenters. The van der Waals surface area contributed by atoms with Gasteiger partial charge in [-0.25, -0.2) is 9.69 Å². The Bertz CT molecular complexity index is 904. The number of β-lactam (4-membered cyclic amide) rings is 1. The van der Waals surface area contributed by atoms with Gasteiger partial charge in [0, 0.05) is 13.0 Å². The monoisotopic (exact) mass is 442 g/mol. The highest BCUT2D eigenvalue weighted by Gasteiger charge is 2.51. The van der Waals surface area contributed by atoms with Crippen molar-refractivity contribution in [1.29, 1.82) is 0 Å². The van der Waals surface area contributed by atoms with Crippen molar-refractivity contribution in [3.8, 4) is 0 Å². The lowest BCUT2D eigenvalue weighted by molar-refractivity contribution is -0.159. The molecule has 0 saturated carbocycles. The normalized spacial score (nSPS) is 25.9. The van der Waals surface area contributed by atoms with Crippen molar-refractivity contribution in [3.63, 3.8) is 0 Å². The maximum Gasteiger partial charge on any atom is 0.420 e. The topological polar surface area (TPSA) is 126 Å². The molecule has 3 heterocycles. The van der Waals surface area contributed by atoms with Gasteiger partial charge in [0.05, 0.1) is 18.7 Å². The van der Waals surface area contributed by atoms with E-state index in [9.17, 15) is 19.2 Å². The average Bonchev–Trinajstić information content (AvgIpc) is 3.49.